The number of hydrogen-bond donors (Lipinski definition) is 0. The zero-order valence-electron chi connectivity index (χ0n) is 42.7. The molecule has 0 fully saturated rings. The van der Waals surface area contributed by atoms with E-state index in [2.05, 4.69) is 279 Å². The van der Waals surface area contributed by atoms with Crippen LogP contribution in [0.1, 0.15) is 0 Å². The molecule has 5 heteroatoms. The molecule has 2 aliphatic heterocycles. The van der Waals surface area contributed by atoms with Crippen molar-refractivity contribution in [2.24, 2.45) is 0 Å². The lowest BCUT2D eigenvalue weighted by Gasteiger charge is -2.35. The van der Waals surface area contributed by atoms with E-state index < -0.39 is 0 Å². The van der Waals surface area contributed by atoms with Crippen LogP contribution in [0.15, 0.2) is 261 Å². The van der Waals surface area contributed by atoms with Crippen molar-refractivity contribution in [2.45, 2.75) is 0 Å². The number of nitrogens with zero attached hydrogens (tertiary/aromatic N) is 4. The highest BCUT2D eigenvalue weighted by Gasteiger charge is 2.42. The summed E-state index contributed by atoms with van der Waals surface area (Å²) in [6, 6.07) is 98.0. The molecule has 6 heterocycles. The molecule has 2 aliphatic rings. The Labute approximate surface area is 453 Å². The molecule has 0 saturated heterocycles. The first-order valence-corrected chi connectivity index (χ1v) is 27.6. The lowest BCUT2D eigenvalue weighted by Crippen LogP contribution is -2.57. The maximum absolute atomic E-state index is 2.62. The van der Waals surface area contributed by atoms with E-state index in [-0.39, 0.29) is 6.71 Å². The van der Waals surface area contributed by atoms with Gasteiger partial charge in [-0.2, -0.15) is 0 Å². The third kappa shape index (κ3) is 5.25. The van der Waals surface area contributed by atoms with Gasteiger partial charge in [-0.05, 0) is 141 Å². The Kier molecular flexibility index (Phi) is 8.04. The Bertz CT molecular complexity index is 5190. The summed E-state index contributed by atoms with van der Waals surface area (Å²) in [6.45, 7) is -0.116. The zero-order chi connectivity index (χ0) is 51.2. The van der Waals surface area contributed by atoms with Crippen LogP contribution in [0.3, 0.4) is 0 Å². The van der Waals surface area contributed by atoms with E-state index in [1.54, 1.807) is 0 Å². The van der Waals surface area contributed by atoms with Crippen LogP contribution in [0.5, 0.6) is 0 Å². The van der Waals surface area contributed by atoms with Gasteiger partial charge in [-0.3, -0.25) is 0 Å². The van der Waals surface area contributed by atoms with Crippen LogP contribution in [0.25, 0.3) is 154 Å². The number of hydrogen-bond acceptors (Lipinski definition) is 0. The number of rotatable bonds is 4. The van der Waals surface area contributed by atoms with Crippen LogP contribution in [-0.4, -0.2) is 25.0 Å². The number of benzene rings is 13. The fourth-order valence-electron chi connectivity index (χ4n) is 15.3. The molecular formula is C74H43BN4. The predicted molar refractivity (Wildman–Crippen MR) is 334 cm³/mol. The second kappa shape index (κ2) is 15.2. The molecule has 19 rings (SSSR count). The molecule has 4 nitrogen and oxygen atoms in total. The van der Waals surface area contributed by atoms with Crippen molar-refractivity contribution in [1.29, 1.82) is 0 Å². The summed E-state index contributed by atoms with van der Waals surface area (Å²) >= 11 is 0. The molecule has 0 unspecified atom stereocenters. The molecule has 4 aromatic heterocycles. The maximum Gasteiger partial charge on any atom is 0.244 e. The van der Waals surface area contributed by atoms with Gasteiger partial charge in [0.05, 0.1) is 44.1 Å². The molecule has 13 aromatic carbocycles. The van der Waals surface area contributed by atoms with Gasteiger partial charge in [-0.15, -0.1) is 0 Å². The largest absolute Gasteiger partial charge is 0.309 e. The average molecular weight is 999 g/mol. The minimum atomic E-state index is -0.116. The van der Waals surface area contributed by atoms with Gasteiger partial charge in [-0.1, -0.05) is 180 Å². The van der Waals surface area contributed by atoms with Gasteiger partial charge >= 0.3 is 0 Å². The van der Waals surface area contributed by atoms with Crippen molar-refractivity contribution >= 4 is 132 Å². The first kappa shape index (κ1) is 41.8. The molecule has 0 atom stereocenters. The second-order valence-corrected chi connectivity index (χ2v) is 21.8. The second-order valence-electron chi connectivity index (χ2n) is 21.8. The standard InChI is InChI=1S/C74H43BN4/c1-5-22-44(23-6-1)76-60-38-19-15-32-50(60)70-62(76)40-54-66-48-30-13-17-36-58(48)78(46-26-9-3-10-27-46)64(66)42-56-68(54)72(70)52-34-21-35-53-73-69-55(41-63-71(73)51-33-16-20-39-61(51)77(63)45-24-7-2-8-25-45)67-49-31-14-18-37-59(49)79(47-28-11-4-12-29-47)65(67)43-57(69)75(56)74(52)53/h1-43H. The van der Waals surface area contributed by atoms with E-state index >= 15 is 0 Å². The lowest BCUT2D eigenvalue weighted by atomic mass is 9.31. The molecule has 0 aliphatic carbocycles. The maximum atomic E-state index is 2.62. The van der Waals surface area contributed by atoms with Gasteiger partial charge < -0.3 is 18.3 Å². The van der Waals surface area contributed by atoms with Gasteiger partial charge in [0.25, 0.3) is 0 Å². The molecule has 362 valence electrons. The molecule has 0 N–H and O–H groups in total. The summed E-state index contributed by atoms with van der Waals surface area (Å²) in [4.78, 5) is 0. The van der Waals surface area contributed by atoms with Gasteiger partial charge in [0.2, 0.25) is 6.71 Å². The highest BCUT2D eigenvalue weighted by Crippen LogP contribution is 2.52. The minimum absolute atomic E-state index is 0.116. The van der Waals surface area contributed by atoms with E-state index in [9.17, 15) is 0 Å². The van der Waals surface area contributed by atoms with Gasteiger partial charge in [0.15, 0.2) is 0 Å². The SMILES string of the molecule is c1ccc(-n2c3ccccc3c3c4c5c(cc6c(c5cc32)c2ccccc2n6-c2ccccc2)B2c3c-4cccc3-c3c4c2cc2c(c4cc4c3c3ccccc3n4-c3ccccc3)c3ccccc3n2-c2ccccc2)cc1. The fourth-order valence-corrected chi connectivity index (χ4v) is 15.3. The van der Waals surface area contributed by atoms with Crippen LogP contribution in [0.2, 0.25) is 0 Å². The third-order valence-electron chi connectivity index (χ3n) is 18.1. The van der Waals surface area contributed by atoms with E-state index in [1.807, 2.05) is 0 Å². The van der Waals surface area contributed by atoms with E-state index in [0.29, 0.717) is 0 Å². The number of fused-ring (bicyclic) bond motifs is 20. The Morgan fingerprint density at radius 1 is 0.215 bits per heavy atom. The smallest absolute Gasteiger partial charge is 0.244 e. The molecule has 0 amide bonds. The summed E-state index contributed by atoms with van der Waals surface area (Å²) in [5, 5.41) is 15.4. The highest BCUT2D eigenvalue weighted by molar-refractivity contribution is 7.02. The molecule has 0 saturated carbocycles. The topological polar surface area (TPSA) is 19.7 Å². The van der Waals surface area contributed by atoms with Crippen molar-refractivity contribution in [1.82, 2.24) is 18.3 Å². The Hall–Kier alpha value is -10.4. The summed E-state index contributed by atoms with van der Waals surface area (Å²) in [5.74, 6) is 0. The van der Waals surface area contributed by atoms with Crippen LogP contribution < -0.4 is 16.4 Å². The zero-order valence-corrected chi connectivity index (χ0v) is 42.7. The summed E-state index contributed by atoms with van der Waals surface area (Å²) < 4.78 is 10.1. The number of aromatic nitrogens is 4. The monoisotopic (exact) mass is 998 g/mol. The normalized spacial score (nSPS) is 12.8. The van der Waals surface area contributed by atoms with Crippen molar-refractivity contribution in [3.05, 3.63) is 261 Å². The average Bonchev–Trinajstić information content (AvgIpc) is 3.58. The summed E-state index contributed by atoms with van der Waals surface area (Å²) in [7, 11) is 0. The Morgan fingerprint density at radius 3 is 0.848 bits per heavy atom. The number of para-hydroxylation sites is 8. The van der Waals surface area contributed by atoms with Crippen molar-refractivity contribution in [2.75, 3.05) is 0 Å². The van der Waals surface area contributed by atoms with Crippen molar-refractivity contribution < 1.29 is 0 Å². The minimum Gasteiger partial charge on any atom is -0.309 e. The van der Waals surface area contributed by atoms with Crippen LogP contribution in [-0.2, 0) is 0 Å². The fraction of sp³-hybridized carbons (Fsp3) is 0. The molecule has 17 aromatic rings. The highest BCUT2D eigenvalue weighted by atomic mass is 15.0. The van der Waals surface area contributed by atoms with E-state index in [1.165, 1.54) is 147 Å². The van der Waals surface area contributed by atoms with Gasteiger partial charge in [0, 0.05) is 65.8 Å². The molecular weight excluding hydrogens is 956 g/mol. The molecule has 0 radical (unpaired) electrons. The quantitative estimate of drug-likeness (QED) is 0.157. The summed E-state index contributed by atoms with van der Waals surface area (Å²) in [6.07, 6.45) is 0. The molecule has 0 spiro atoms. The summed E-state index contributed by atoms with van der Waals surface area (Å²) in [5.41, 5.74) is 23.6. The van der Waals surface area contributed by atoms with E-state index in [0.717, 1.165) is 22.7 Å². The van der Waals surface area contributed by atoms with Crippen molar-refractivity contribution in [3.63, 3.8) is 0 Å². The first-order valence-electron chi connectivity index (χ1n) is 27.6. The molecule has 0 bridgehead atoms. The van der Waals surface area contributed by atoms with Crippen LogP contribution in [0.4, 0.5) is 0 Å². The lowest BCUT2D eigenvalue weighted by molar-refractivity contribution is 1.18. The van der Waals surface area contributed by atoms with Crippen molar-refractivity contribution in [3.8, 4) is 45.0 Å². The van der Waals surface area contributed by atoms with Gasteiger partial charge in [-0.25, -0.2) is 0 Å². The predicted octanol–water partition coefficient (Wildman–Crippen LogP) is 16.9. The van der Waals surface area contributed by atoms with Crippen LogP contribution >= 0.6 is 0 Å². The molecule has 79 heavy (non-hydrogen) atoms. The van der Waals surface area contributed by atoms with E-state index in [4.69, 9.17) is 0 Å². The first-order chi connectivity index (χ1) is 39.3. The van der Waals surface area contributed by atoms with Crippen LogP contribution in [0, 0.1) is 0 Å². The Balaban J connectivity index is 1.09. The Morgan fingerprint density at radius 2 is 0.506 bits per heavy atom. The van der Waals surface area contributed by atoms with Gasteiger partial charge in [0.1, 0.15) is 0 Å². The third-order valence-corrected chi connectivity index (χ3v) is 18.1.